The summed E-state index contributed by atoms with van der Waals surface area (Å²) in [6, 6.07) is 0. The van der Waals surface area contributed by atoms with E-state index in [-0.39, 0.29) is 0 Å². The molecule has 1 rings (SSSR count). The lowest BCUT2D eigenvalue weighted by atomic mass is 9.98. The lowest BCUT2D eigenvalue weighted by Gasteiger charge is -2.31. The van der Waals surface area contributed by atoms with Crippen LogP contribution in [0.15, 0.2) is 0 Å². The van der Waals surface area contributed by atoms with Gasteiger partial charge in [-0.3, -0.25) is 0 Å². The second kappa shape index (κ2) is 7.37. The van der Waals surface area contributed by atoms with Crippen LogP contribution in [0, 0.1) is 11.8 Å². The molecule has 1 aliphatic rings. The van der Waals surface area contributed by atoms with E-state index in [1.807, 2.05) is 13.8 Å². The van der Waals surface area contributed by atoms with Gasteiger partial charge in [-0.15, -0.1) is 0 Å². The zero-order chi connectivity index (χ0) is 10.3. The minimum Gasteiger partial charge on any atom is -0.303 e. The lowest BCUT2D eigenvalue weighted by molar-refractivity contribution is 0.175. The van der Waals surface area contributed by atoms with Crippen molar-refractivity contribution < 1.29 is 0 Å². The van der Waals surface area contributed by atoms with E-state index in [4.69, 9.17) is 0 Å². The van der Waals surface area contributed by atoms with Gasteiger partial charge in [0.25, 0.3) is 0 Å². The van der Waals surface area contributed by atoms with E-state index in [9.17, 15) is 0 Å². The van der Waals surface area contributed by atoms with Crippen LogP contribution in [0.3, 0.4) is 0 Å². The van der Waals surface area contributed by atoms with Gasteiger partial charge in [0.15, 0.2) is 0 Å². The fourth-order valence-corrected chi connectivity index (χ4v) is 1.76. The molecule has 0 radical (unpaired) electrons. The molecule has 0 amide bonds. The van der Waals surface area contributed by atoms with Crippen LogP contribution in [0.25, 0.3) is 0 Å². The van der Waals surface area contributed by atoms with Gasteiger partial charge in [-0.2, -0.15) is 0 Å². The van der Waals surface area contributed by atoms with Crippen LogP contribution < -0.4 is 0 Å². The highest BCUT2D eigenvalue weighted by atomic mass is 15.1. The Hall–Kier alpha value is -0.0400. The van der Waals surface area contributed by atoms with Crippen molar-refractivity contribution in [1.29, 1.82) is 0 Å². The van der Waals surface area contributed by atoms with Gasteiger partial charge in [0.1, 0.15) is 0 Å². The number of likely N-dealkylation sites (tertiary alicyclic amines) is 1. The maximum atomic E-state index is 2.60. The Morgan fingerprint density at radius 2 is 1.62 bits per heavy atom. The maximum absolute atomic E-state index is 2.60. The van der Waals surface area contributed by atoms with E-state index >= 15 is 0 Å². The van der Waals surface area contributed by atoms with Gasteiger partial charge in [-0.05, 0) is 37.8 Å². The van der Waals surface area contributed by atoms with E-state index in [1.165, 1.54) is 32.5 Å². The third-order valence-corrected chi connectivity index (χ3v) is 2.50. The molecule has 0 N–H and O–H groups in total. The fourth-order valence-electron chi connectivity index (χ4n) is 1.76. The topological polar surface area (TPSA) is 3.24 Å². The highest BCUT2D eigenvalue weighted by Crippen LogP contribution is 2.16. The lowest BCUT2D eigenvalue weighted by Crippen LogP contribution is -2.35. The Morgan fingerprint density at radius 1 is 1.15 bits per heavy atom. The number of hydrogen-bond acceptors (Lipinski definition) is 1. The van der Waals surface area contributed by atoms with Crippen molar-refractivity contribution in [2.45, 2.75) is 47.5 Å². The Balaban J connectivity index is 0.000000671. The van der Waals surface area contributed by atoms with Gasteiger partial charge < -0.3 is 4.90 Å². The second-order valence-corrected chi connectivity index (χ2v) is 4.38. The molecule has 0 aromatic heterocycles. The van der Waals surface area contributed by atoms with Crippen molar-refractivity contribution in [1.82, 2.24) is 4.90 Å². The van der Waals surface area contributed by atoms with Gasteiger partial charge in [0.05, 0.1) is 0 Å². The van der Waals surface area contributed by atoms with Gasteiger partial charge in [0.2, 0.25) is 0 Å². The average molecular weight is 185 g/mol. The summed E-state index contributed by atoms with van der Waals surface area (Å²) in [6.07, 6.45) is 2.82. The normalized spacial score (nSPS) is 19.8. The molecular formula is C12H27N. The quantitative estimate of drug-likeness (QED) is 0.637. The number of rotatable bonds is 2. The molecule has 1 aliphatic heterocycles. The molecule has 0 aromatic rings. The SMILES string of the molecule is CC.CC(C)CN1CCC(C)CC1. The molecule has 1 fully saturated rings. The summed E-state index contributed by atoms with van der Waals surface area (Å²) in [5.41, 5.74) is 0. The predicted molar refractivity (Wildman–Crippen MR) is 61.0 cm³/mol. The maximum Gasteiger partial charge on any atom is 0.000439 e. The molecule has 13 heavy (non-hydrogen) atoms. The van der Waals surface area contributed by atoms with Gasteiger partial charge in [0, 0.05) is 6.54 Å². The van der Waals surface area contributed by atoms with Crippen molar-refractivity contribution in [3.8, 4) is 0 Å². The van der Waals surface area contributed by atoms with Crippen LogP contribution in [0.2, 0.25) is 0 Å². The molecule has 0 unspecified atom stereocenters. The third-order valence-electron chi connectivity index (χ3n) is 2.50. The first-order valence-electron chi connectivity index (χ1n) is 5.91. The van der Waals surface area contributed by atoms with E-state index in [1.54, 1.807) is 0 Å². The fraction of sp³-hybridized carbons (Fsp3) is 1.00. The molecule has 1 saturated heterocycles. The van der Waals surface area contributed by atoms with Crippen LogP contribution in [0.1, 0.15) is 47.5 Å². The zero-order valence-corrected chi connectivity index (χ0v) is 10.1. The van der Waals surface area contributed by atoms with Crippen molar-refractivity contribution in [2.24, 2.45) is 11.8 Å². The Morgan fingerprint density at radius 3 is 2.00 bits per heavy atom. The first-order valence-corrected chi connectivity index (χ1v) is 5.91. The van der Waals surface area contributed by atoms with E-state index < -0.39 is 0 Å². The number of nitrogens with zero attached hydrogens (tertiary/aromatic N) is 1. The summed E-state index contributed by atoms with van der Waals surface area (Å²) in [4.78, 5) is 2.60. The first kappa shape index (κ1) is 13.0. The highest BCUT2D eigenvalue weighted by Gasteiger charge is 2.15. The van der Waals surface area contributed by atoms with Crippen LogP contribution in [0.4, 0.5) is 0 Å². The van der Waals surface area contributed by atoms with Crippen molar-refractivity contribution in [3.63, 3.8) is 0 Å². The van der Waals surface area contributed by atoms with Gasteiger partial charge >= 0.3 is 0 Å². The van der Waals surface area contributed by atoms with Crippen molar-refractivity contribution in [3.05, 3.63) is 0 Å². The smallest absolute Gasteiger partial charge is 0.000439 e. The molecule has 0 aliphatic carbocycles. The monoisotopic (exact) mass is 185 g/mol. The third kappa shape index (κ3) is 6.09. The summed E-state index contributed by atoms with van der Waals surface area (Å²) in [5.74, 6) is 1.81. The molecule has 1 nitrogen and oxygen atoms in total. The summed E-state index contributed by atoms with van der Waals surface area (Å²) in [5, 5.41) is 0. The Bertz CT molecular complexity index is 102. The molecule has 1 heterocycles. The van der Waals surface area contributed by atoms with Crippen LogP contribution in [-0.2, 0) is 0 Å². The number of piperidine rings is 1. The van der Waals surface area contributed by atoms with Crippen molar-refractivity contribution >= 4 is 0 Å². The van der Waals surface area contributed by atoms with E-state index in [2.05, 4.69) is 25.7 Å². The molecule has 0 saturated carbocycles. The summed E-state index contributed by atoms with van der Waals surface area (Å²) >= 11 is 0. The first-order chi connectivity index (χ1) is 6.18. The second-order valence-electron chi connectivity index (χ2n) is 4.38. The van der Waals surface area contributed by atoms with Crippen LogP contribution in [0.5, 0.6) is 0 Å². The average Bonchev–Trinajstić information content (AvgIpc) is 2.12. The minimum atomic E-state index is 0.836. The molecule has 0 spiro atoms. The predicted octanol–water partition coefficient (Wildman–Crippen LogP) is 3.40. The molecule has 0 atom stereocenters. The van der Waals surface area contributed by atoms with Gasteiger partial charge in [-0.1, -0.05) is 34.6 Å². The van der Waals surface area contributed by atoms with Crippen molar-refractivity contribution in [2.75, 3.05) is 19.6 Å². The van der Waals surface area contributed by atoms with Crippen LogP contribution >= 0.6 is 0 Å². The molecule has 0 aromatic carbocycles. The largest absolute Gasteiger partial charge is 0.303 e. The van der Waals surface area contributed by atoms with Crippen LogP contribution in [-0.4, -0.2) is 24.5 Å². The Kier molecular flexibility index (Phi) is 7.35. The molecule has 80 valence electrons. The summed E-state index contributed by atoms with van der Waals surface area (Å²) in [7, 11) is 0. The standard InChI is InChI=1S/C10H21N.C2H6/c1-9(2)8-11-6-4-10(3)5-7-11;1-2/h9-10H,4-8H2,1-3H3;1-2H3. The van der Waals surface area contributed by atoms with E-state index in [0.717, 1.165) is 11.8 Å². The summed E-state index contributed by atoms with van der Waals surface area (Å²) < 4.78 is 0. The summed E-state index contributed by atoms with van der Waals surface area (Å²) in [6.45, 7) is 14.9. The van der Waals surface area contributed by atoms with Gasteiger partial charge in [-0.25, -0.2) is 0 Å². The number of hydrogen-bond donors (Lipinski definition) is 0. The Labute approximate surface area is 84.5 Å². The zero-order valence-electron chi connectivity index (χ0n) is 10.1. The minimum absolute atomic E-state index is 0.836. The molecule has 1 heteroatoms. The van der Waals surface area contributed by atoms with E-state index in [0.29, 0.717) is 0 Å². The molecular weight excluding hydrogens is 158 g/mol. The molecule has 0 bridgehead atoms. The highest BCUT2D eigenvalue weighted by molar-refractivity contribution is 4.69.